The van der Waals surface area contributed by atoms with Crippen LogP contribution in [0.25, 0.3) is 0 Å². The molecule has 25 heavy (non-hydrogen) atoms. The number of nitrogens with one attached hydrogen (secondary N) is 3. The Hall–Kier alpha value is -1.50. The summed E-state index contributed by atoms with van der Waals surface area (Å²) in [6.07, 6.45) is 3.08. The van der Waals surface area contributed by atoms with E-state index in [9.17, 15) is 9.59 Å². The van der Waals surface area contributed by atoms with Gasteiger partial charge in [-0.15, -0.1) is 0 Å². The fraction of sp³-hybridized carbons (Fsp3) is 0.889. The molecule has 0 bridgehead atoms. The zero-order valence-electron chi connectivity index (χ0n) is 16.8. The largest absolute Gasteiger partial charge is 0.444 e. The van der Waals surface area contributed by atoms with E-state index in [1.807, 2.05) is 41.5 Å². The number of carbonyl (C=O) groups is 2. The highest BCUT2D eigenvalue weighted by Gasteiger charge is 2.16. The highest BCUT2D eigenvalue weighted by Crippen LogP contribution is 2.07. The Morgan fingerprint density at radius 3 is 1.28 bits per heavy atom. The first-order valence-electron chi connectivity index (χ1n) is 9.14. The predicted molar refractivity (Wildman–Crippen MR) is 99.8 cm³/mol. The van der Waals surface area contributed by atoms with Gasteiger partial charge in [0, 0.05) is 13.1 Å². The third-order valence-corrected chi connectivity index (χ3v) is 2.90. The average Bonchev–Trinajstić information content (AvgIpc) is 2.40. The van der Waals surface area contributed by atoms with Gasteiger partial charge in [-0.05, 0) is 80.3 Å². The lowest BCUT2D eigenvalue weighted by Gasteiger charge is -2.19. The Labute approximate surface area is 152 Å². The molecule has 0 spiro atoms. The molecule has 0 rings (SSSR count). The molecule has 7 nitrogen and oxygen atoms in total. The van der Waals surface area contributed by atoms with Crippen LogP contribution in [0.15, 0.2) is 0 Å². The summed E-state index contributed by atoms with van der Waals surface area (Å²) in [7, 11) is 0. The summed E-state index contributed by atoms with van der Waals surface area (Å²) in [6.45, 7) is 14.1. The molecule has 0 aromatic heterocycles. The number of hydrogen-bond acceptors (Lipinski definition) is 5. The summed E-state index contributed by atoms with van der Waals surface area (Å²) in [4.78, 5) is 22.9. The van der Waals surface area contributed by atoms with Crippen LogP contribution >= 0.6 is 0 Å². The van der Waals surface area contributed by atoms with Crippen molar-refractivity contribution >= 4 is 12.2 Å². The van der Waals surface area contributed by atoms with Gasteiger partial charge in [-0.25, -0.2) is 9.59 Å². The van der Waals surface area contributed by atoms with Crippen molar-refractivity contribution in [3.05, 3.63) is 0 Å². The van der Waals surface area contributed by atoms with Crippen LogP contribution in [0.2, 0.25) is 0 Å². The Kier molecular flexibility index (Phi) is 11.2. The molecule has 0 aromatic carbocycles. The van der Waals surface area contributed by atoms with Gasteiger partial charge in [0.2, 0.25) is 0 Å². The van der Waals surface area contributed by atoms with E-state index in [0.717, 1.165) is 38.8 Å². The molecule has 0 saturated carbocycles. The van der Waals surface area contributed by atoms with E-state index in [4.69, 9.17) is 9.47 Å². The maximum absolute atomic E-state index is 11.4. The third-order valence-electron chi connectivity index (χ3n) is 2.90. The van der Waals surface area contributed by atoms with Crippen molar-refractivity contribution in [2.75, 3.05) is 26.2 Å². The molecule has 0 aliphatic heterocycles. The molecule has 0 aliphatic rings. The molecule has 0 aromatic rings. The van der Waals surface area contributed by atoms with Crippen molar-refractivity contribution in [1.29, 1.82) is 0 Å². The molecular formula is C18H37N3O4. The Balaban J connectivity index is 3.35. The van der Waals surface area contributed by atoms with Crippen molar-refractivity contribution in [1.82, 2.24) is 16.0 Å². The van der Waals surface area contributed by atoms with E-state index in [0.29, 0.717) is 13.1 Å². The summed E-state index contributed by atoms with van der Waals surface area (Å²) in [6, 6.07) is 0. The van der Waals surface area contributed by atoms with Gasteiger partial charge in [-0.1, -0.05) is 0 Å². The lowest BCUT2D eigenvalue weighted by molar-refractivity contribution is 0.0515. The minimum atomic E-state index is -0.454. The molecule has 0 radical (unpaired) electrons. The van der Waals surface area contributed by atoms with Crippen molar-refractivity contribution in [2.24, 2.45) is 0 Å². The van der Waals surface area contributed by atoms with Gasteiger partial charge in [0.15, 0.2) is 0 Å². The number of amides is 2. The van der Waals surface area contributed by atoms with E-state index in [1.54, 1.807) is 0 Å². The Morgan fingerprint density at radius 1 is 0.640 bits per heavy atom. The number of hydrogen-bond donors (Lipinski definition) is 3. The summed E-state index contributed by atoms with van der Waals surface area (Å²) in [5.74, 6) is 0. The van der Waals surface area contributed by atoms with Crippen LogP contribution in [0, 0.1) is 0 Å². The van der Waals surface area contributed by atoms with Crippen LogP contribution in [0.3, 0.4) is 0 Å². The zero-order valence-corrected chi connectivity index (χ0v) is 16.8. The van der Waals surface area contributed by atoms with E-state index < -0.39 is 11.2 Å². The second-order valence-electron chi connectivity index (χ2n) is 8.02. The predicted octanol–water partition coefficient (Wildman–Crippen LogP) is 3.19. The molecule has 148 valence electrons. The van der Waals surface area contributed by atoms with Crippen molar-refractivity contribution in [2.45, 2.75) is 78.4 Å². The van der Waals surface area contributed by atoms with Crippen molar-refractivity contribution in [3.8, 4) is 0 Å². The summed E-state index contributed by atoms with van der Waals surface area (Å²) in [5, 5.41) is 8.84. The number of carbonyl (C=O) groups excluding carboxylic acids is 2. The first kappa shape index (κ1) is 23.5. The smallest absolute Gasteiger partial charge is 0.407 e. The number of rotatable bonds is 10. The second-order valence-corrected chi connectivity index (χ2v) is 8.02. The molecule has 0 fully saturated rings. The highest BCUT2D eigenvalue weighted by atomic mass is 16.6. The van der Waals surface area contributed by atoms with Gasteiger partial charge in [0.25, 0.3) is 0 Å². The number of unbranched alkanes of at least 4 members (excludes halogenated alkanes) is 2. The first-order chi connectivity index (χ1) is 11.5. The van der Waals surface area contributed by atoms with Gasteiger partial charge < -0.3 is 25.4 Å². The third kappa shape index (κ3) is 18.7. The van der Waals surface area contributed by atoms with Crippen LogP contribution in [-0.2, 0) is 9.47 Å². The first-order valence-corrected chi connectivity index (χ1v) is 9.14. The van der Waals surface area contributed by atoms with Crippen LogP contribution < -0.4 is 16.0 Å². The quantitative estimate of drug-likeness (QED) is 0.521. The molecule has 0 aliphatic carbocycles. The van der Waals surface area contributed by atoms with Gasteiger partial charge in [0.1, 0.15) is 11.2 Å². The maximum atomic E-state index is 11.4. The zero-order chi connectivity index (χ0) is 19.3. The van der Waals surface area contributed by atoms with Gasteiger partial charge >= 0.3 is 12.2 Å². The van der Waals surface area contributed by atoms with Crippen LogP contribution in [0.5, 0.6) is 0 Å². The van der Waals surface area contributed by atoms with Crippen molar-refractivity contribution in [3.63, 3.8) is 0 Å². The standard InChI is InChI=1S/C18H37N3O4/c1-17(2,3)24-15(22)20-13-9-7-11-19-12-8-10-14-21-16(23)25-18(4,5)6/h19H,7-14H2,1-6H3,(H,20,22)(H,21,23). The minimum absolute atomic E-state index is 0.363. The van der Waals surface area contributed by atoms with Crippen LogP contribution in [0.4, 0.5) is 9.59 Å². The Bertz CT molecular complexity index is 351. The topological polar surface area (TPSA) is 88.7 Å². The Morgan fingerprint density at radius 2 is 0.960 bits per heavy atom. The van der Waals surface area contributed by atoms with E-state index in [1.165, 1.54) is 0 Å². The highest BCUT2D eigenvalue weighted by molar-refractivity contribution is 5.67. The molecule has 0 heterocycles. The number of alkyl carbamates (subject to hydrolysis) is 2. The molecule has 3 N–H and O–H groups in total. The van der Waals surface area contributed by atoms with Crippen LogP contribution in [0.1, 0.15) is 67.2 Å². The van der Waals surface area contributed by atoms with Gasteiger partial charge in [0.05, 0.1) is 0 Å². The van der Waals surface area contributed by atoms with E-state index in [-0.39, 0.29) is 12.2 Å². The van der Waals surface area contributed by atoms with Crippen LogP contribution in [-0.4, -0.2) is 49.6 Å². The van der Waals surface area contributed by atoms with E-state index >= 15 is 0 Å². The minimum Gasteiger partial charge on any atom is -0.444 e. The summed E-state index contributed by atoms with van der Waals surface area (Å²) in [5.41, 5.74) is -0.909. The second kappa shape index (κ2) is 12.0. The molecule has 0 saturated heterocycles. The normalized spacial score (nSPS) is 11.8. The maximum Gasteiger partial charge on any atom is 0.407 e. The summed E-state index contributed by atoms with van der Waals surface area (Å²) < 4.78 is 10.3. The van der Waals surface area contributed by atoms with Crippen molar-refractivity contribution < 1.29 is 19.1 Å². The lowest BCUT2D eigenvalue weighted by Crippen LogP contribution is -2.33. The monoisotopic (exact) mass is 359 g/mol. The molecule has 7 heteroatoms. The van der Waals surface area contributed by atoms with E-state index in [2.05, 4.69) is 16.0 Å². The number of ether oxygens (including phenoxy) is 2. The SMILES string of the molecule is CC(C)(C)OC(=O)NCCCCNCCCCNC(=O)OC(C)(C)C. The fourth-order valence-electron chi connectivity index (χ4n) is 1.88. The summed E-state index contributed by atoms with van der Waals surface area (Å²) >= 11 is 0. The molecule has 0 atom stereocenters. The molecule has 2 amide bonds. The van der Waals surface area contributed by atoms with Gasteiger partial charge in [-0.3, -0.25) is 0 Å². The van der Waals surface area contributed by atoms with Gasteiger partial charge in [-0.2, -0.15) is 0 Å². The molecule has 0 unspecified atom stereocenters. The lowest BCUT2D eigenvalue weighted by atomic mass is 10.2. The average molecular weight is 360 g/mol. The fourth-order valence-corrected chi connectivity index (χ4v) is 1.88. The molecular weight excluding hydrogens is 322 g/mol.